The molecule has 0 aromatic heterocycles. The van der Waals surface area contributed by atoms with Crippen LogP contribution in [0.15, 0.2) is 45.3 Å². The fraction of sp³-hybridized carbons (Fsp3) is 0.484. The summed E-state index contributed by atoms with van der Waals surface area (Å²) in [6, 6.07) is 12.1. The minimum atomic E-state index is -1.27. The summed E-state index contributed by atoms with van der Waals surface area (Å²) in [6.07, 6.45) is 0.0957. The Kier molecular flexibility index (Phi) is 12.1. The van der Waals surface area contributed by atoms with E-state index in [9.17, 15) is 14.4 Å². The number of amides is 3. The van der Waals surface area contributed by atoms with Crippen LogP contribution in [0.1, 0.15) is 24.0 Å². The van der Waals surface area contributed by atoms with E-state index in [1.54, 1.807) is 17.0 Å². The molecule has 0 spiro atoms. The number of carbonyl (C=O) groups is 2. The van der Waals surface area contributed by atoms with Gasteiger partial charge >= 0.3 is 12.1 Å². The zero-order chi connectivity index (χ0) is 31.9. The Bertz CT molecular complexity index is 1370. The number of ether oxygens (including phenoxy) is 4. The molecule has 0 saturated carbocycles. The number of benzene rings is 2. The maximum Gasteiger partial charge on any atom is 0.412 e. The normalized spacial score (nSPS) is 16.4. The van der Waals surface area contributed by atoms with Gasteiger partial charge in [-0.25, -0.2) is 14.4 Å². The first kappa shape index (κ1) is 34.2. The summed E-state index contributed by atoms with van der Waals surface area (Å²) in [4.78, 5) is 41.6. The number of fused-ring (bicyclic) bond motifs is 1. The second-order valence-corrected chi connectivity index (χ2v) is 19.3. The van der Waals surface area contributed by atoms with Crippen LogP contribution in [-0.4, -0.2) is 88.4 Å². The lowest BCUT2D eigenvalue weighted by Gasteiger charge is -2.37. The molecule has 44 heavy (non-hydrogen) atoms. The molecule has 2 aromatic rings. The molecule has 10 nitrogen and oxygen atoms in total. The summed E-state index contributed by atoms with van der Waals surface area (Å²) in [5, 5.41) is 3.01. The van der Waals surface area contributed by atoms with Crippen LogP contribution in [0, 0.1) is 0 Å². The van der Waals surface area contributed by atoms with Crippen LogP contribution in [0.25, 0.3) is 5.57 Å². The fourth-order valence-corrected chi connectivity index (χ4v) is 7.30. The molecule has 0 bridgehead atoms. The number of halogens is 2. The van der Waals surface area contributed by atoms with E-state index in [4.69, 9.17) is 18.9 Å². The summed E-state index contributed by atoms with van der Waals surface area (Å²) in [5.74, 6) is 2.40. The highest BCUT2D eigenvalue weighted by Gasteiger charge is 2.33. The van der Waals surface area contributed by atoms with Crippen molar-refractivity contribution in [1.29, 1.82) is 0 Å². The molecule has 1 atom stereocenters. The van der Waals surface area contributed by atoms with Crippen LogP contribution in [-0.2, 0) is 25.4 Å². The average Bonchev–Trinajstić information content (AvgIpc) is 3.15. The highest BCUT2D eigenvalue weighted by molar-refractivity contribution is 9.11. The molecule has 2 aromatic carbocycles. The third-order valence-electron chi connectivity index (χ3n) is 7.67. The van der Waals surface area contributed by atoms with Crippen molar-refractivity contribution in [2.75, 3.05) is 45.5 Å². The molecule has 1 saturated heterocycles. The molecular formula is C31H39Br2N3O7Si. The molecule has 2 aliphatic rings. The number of para-hydroxylation sites is 1. The Balaban J connectivity index is 1.32. The SMILES string of the molecule is CO[C@H](OC(=O)N1CCC(N2CCc3ccccc3NC2=O)CC1)C(=C=O)c1cc(Br)c(OCOCC[Si](C)(C)C)c(Br)c1. The van der Waals surface area contributed by atoms with Gasteiger partial charge in [-0.05, 0) is 86.5 Å². The summed E-state index contributed by atoms with van der Waals surface area (Å²) in [6.45, 7) is 8.98. The highest BCUT2D eigenvalue weighted by Crippen LogP contribution is 2.37. The molecule has 3 amide bonds. The number of hydrogen-bond donors (Lipinski definition) is 1. The topological polar surface area (TPSA) is 107 Å². The maximum atomic E-state index is 13.1. The van der Waals surface area contributed by atoms with Crippen molar-refractivity contribution in [3.63, 3.8) is 0 Å². The molecule has 0 radical (unpaired) electrons. The van der Waals surface area contributed by atoms with Crippen molar-refractivity contribution < 1.29 is 33.3 Å². The predicted octanol–water partition coefficient (Wildman–Crippen LogP) is 6.78. The number of piperidine rings is 1. The zero-order valence-electron chi connectivity index (χ0n) is 25.5. The number of urea groups is 1. The lowest BCUT2D eigenvalue weighted by atomic mass is 10.0. The smallest absolute Gasteiger partial charge is 0.412 e. The summed E-state index contributed by atoms with van der Waals surface area (Å²) >= 11 is 7.00. The van der Waals surface area contributed by atoms with Gasteiger partial charge in [0, 0.05) is 53.2 Å². The summed E-state index contributed by atoms with van der Waals surface area (Å²) in [7, 11) is 0.157. The molecule has 2 heterocycles. The maximum absolute atomic E-state index is 13.1. The van der Waals surface area contributed by atoms with Crippen molar-refractivity contribution >= 4 is 69.3 Å². The van der Waals surface area contributed by atoms with E-state index in [1.165, 1.54) is 7.11 Å². The van der Waals surface area contributed by atoms with Gasteiger partial charge in [-0.3, -0.25) is 0 Å². The van der Waals surface area contributed by atoms with Crippen molar-refractivity contribution in [1.82, 2.24) is 9.80 Å². The van der Waals surface area contributed by atoms with Gasteiger partial charge in [-0.1, -0.05) is 37.8 Å². The average molecular weight is 754 g/mol. The van der Waals surface area contributed by atoms with Crippen LogP contribution in [0.4, 0.5) is 15.3 Å². The number of hydrogen-bond acceptors (Lipinski definition) is 7. The second kappa shape index (κ2) is 15.6. The third kappa shape index (κ3) is 8.95. The minimum Gasteiger partial charge on any atom is -0.465 e. The second-order valence-electron chi connectivity index (χ2n) is 12.0. The van der Waals surface area contributed by atoms with E-state index in [1.807, 2.05) is 35.1 Å². The highest BCUT2D eigenvalue weighted by atomic mass is 79.9. The molecule has 0 unspecified atom stereocenters. The molecule has 1 fully saturated rings. The van der Waals surface area contributed by atoms with Crippen LogP contribution < -0.4 is 10.1 Å². The van der Waals surface area contributed by atoms with Crippen molar-refractivity contribution in [3.05, 3.63) is 56.5 Å². The van der Waals surface area contributed by atoms with E-state index < -0.39 is 20.5 Å². The number of nitrogens with one attached hydrogen (secondary N) is 1. The van der Waals surface area contributed by atoms with E-state index in [0.717, 1.165) is 23.7 Å². The number of methoxy groups -OCH3 is 1. The van der Waals surface area contributed by atoms with Crippen molar-refractivity contribution in [2.24, 2.45) is 0 Å². The quantitative estimate of drug-likeness (QED) is 0.117. The van der Waals surface area contributed by atoms with Gasteiger partial charge in [-0.2, -0.15) is 0 Å². The Hall–Kier alpha value is -2.67. The summed E-state index contributed by atoms with van der Waals surface area (Å²) in [5.41, 5.74) is 2.42. The van der Waals surface area contributed by atoms with E-state index >= 15 is 0 Å². The fourth-order valence-electron chi connectivity index (χ4n) is 5.12. The first-order valence-corrected chi connectivity index (χ1v) is 19.9. The monoisotopic (exact) mass is 751 g/mol. The van der Waals surface area contributed by atoms with Gasteiger partial charge in [0.1, 0.15) is 11.5 Å². The van der Waals surface area contributed by atoms with Crippen LogP contribution >= 0.6 is 31.9 Å². The largest absolute Gasteiger partial charge is 0.465 e. The zero-order valence-corrected chi connectivity index (χ0v) is 29.7. The van der Waals surface area contributed by atoms with Gasteiger partial charge < -0.3 is 34.1 Å². The first-order valence-electron chi connectivity index (χ1n) is 14.6. The number of nitrogens with zero attached hydrogens (tertiary/aromatic N) is 2. The number of carbonyl (C=O) groups excluding carboxylic acids is 3. The predicted molar refractivity (Wildman–Crippen MR) is 178 cm³/mol. The van der Waals surface area contributed by atoms with Crippen LogP contribution in [0.3, 0.4) is 0 Å². The standard InChI is InChI=1S/C31H39Br2N3O7Si/c1-40-29(24(19-37)22-17-25(32)28(26(33)18-22)42-20-41-15-16-44(2,3)4)43-31(39)35-12-10-23(11-13-35)36-14-9-21-7-5-6-8-27(21)34-30(36)38/h5-8,17-18,23,29H,9-16,20H2,1-4H3,(H,34,38)/t29-/m1/s1. The van der Waals surface area contributed by atoms with Crippen molar-refractivity contribution in [2.45, 2.75) is 57.3 Å². The van der Waals surface area contributed by atoms with E-state index in [-0.39, 0.29) is 24.4 Å². The number of rotatable bonds is 11. The third-order valence-corrected chi connectivity index (χ3v) is 10.5. The van der Waals surface area contributed by atoms with Crippen molar-refractivity contribution in [3.8, 4) is 5.75 Å². The molecular weight excluding hydrogens is 714 g/mol. The molecule has 238 valence electrons. The number of anilines is 1. The molecule has 0 aliphatic carbocycles. The lowest BCUT2D eigenvalue weighted by Crippen LogP contribution is -2.50. The van der Waals surface area contributed by atoms with Gasteiger partial charge in [0.2, 0.25) is 6.29 Å². The Morgan fingerprint density at radius 3 is 2.43 bits per heavy atom. The Labute approximate surface area is 276 Å². The molecule has 4 rings (SSSR count). The van der Waals surface area contributed by atoms with Crippen LogP contribution in [0.5, 0.6) is 5.75 Å². The molecule has 13 heteroatoms. The first-order chi connectivity index (χ1) is 21.0. The molecule has 2 aliphatic heterocycles. The number of likely N-dealkylation sites (tertiary alicyclic amines) is 1. The van der Waals surface area contributed by atoms with Gasteiger partial charge in [0.15, 0.2) is 12.5 Å². The summed E-state index contributed by atoms with van der Waals surface area (Å²) < 4.78 is 23.6. The van der Waals surface area contributed by atoms with Gasteiger partial charge in [0.05, 0.1) is 8.95 Å². The minimum absolute atomic E-state index is 0.00167. The van der Waals surface area contributed by atoms with Gasteiger partial charge in [-0.15, -0.1) is 0 Å². The lowest BCUT2D eigenvalue weighted by molar-refractivity contribution is -0.0540. The van der Waals surface area contributed by atoms with E-state index in [0.29, 0.717) is 59.3 Å². The molecule has 1 N–H and O–H groups in total. The van der Waals surface area contributed by atoms with E-state index in [2.05, 4.69) is 56.8 Å². The Morgan fingerprint density at radius 1 is 1.11 bits per heavy atom. The van der Waals surface area contributed by atoms with Crippen LogP contribution in [0.2, 0.25) is 25.7 Å². The van der Waals surface area contributed by atoms with Gasteiger partial charge in [0.25, 0.3) is 0 Å². The Morgan fingerprint density at radius 2 is 1.80 bits per heavy atom.